The molecule has 0 amide bonds. The third kappa shape index (κ3) is 3.41. The van der Waals surface area contributed by atoms with Crippen molar-refractivity contribution in [3.05, 3.63) is 60.3 Å². The zero-order valence-corrected chi connectivity index (χ0v) is 11.0. The van der Waals surface area contributed by atoms with Gasteiger partial charge in [-0.15, -0.1) is 0 Å². The lowest BCUT2D eigenvalue weighted by Crippen LogP contribution is -2.31. The standard InChI is InChI=1S/C16H20N2/c1-3-17-14(2)16-10-7-11-18(13-16)12-15-8-5-4-6-9-15/h3-6,8-10H,1,7,11-13H2,2H3/b17-14+. The van der Waals surface area contributed by atoms with Gasteiger partial charge in [0, 0.05) is 31.5 Å². The molecule has 2 heteroatoms. The van der Waals surface area contributed by atoms with Gasteiger partial charge in [0.05, 0.1) is 0 Å². The zero-order valence-electron chi connectivity index (χ0n) is 11.0. The van der Waals surface area contributed by atoms with Crippen LogP contribution in [0, 0.1) is 0 Å². The Labute approximate surface area is 109 Å². The molecule has 0 fully saturated rings. The molecule has 2 rings (SSSR count). The van der Waals surface area contributed by atoms with Crippen molar-refractivity contribution in [1.29, 1.82) is 0 Å². The molecule has 0 aromatic heterocycles. The highest BCUT2D eigenvalue weighted by atomic mass is 15.1. The predicted molar refractivity (Wildman–Crippen MR) is 77.7 cm³/mol. The Balaban J connectivity index is 2.00. The lowest BCUT2D eigenvalue weighted by Gasteiger charge is -2.27. The fourth-order valence-electron chi connectivity index (χ4n) is 2.26. The van der Waals surface area contributed by atoms with Gasteiger partial charge in [0.1, 0.15) is 0 Å². The fourth-order valence-corrected chi connectivity index (χ4v) is 2.26. The first-order valence-electron chi connectivity index (χ1n) is 6.40. The van der Waals surface area contributed by atoms with Crippen molar-refractivity contribution in [3.8, 4) is 0 Å². The maximum atomic E-state index is 4.28. The van der Waals surface area contributed by atoms with Crippen LogP contribution in [0.3, 0.4) is 0 Å². The number of rotatable bonds is 4. The van der Waals surface area contributed by atoms with Crippen LogP contribution >= 0.6 is 0 Å². The van der Waals surface area contributed by atoms with Crippen molar-refractivity contribution in [3.63, 3.8) is 0 Å². The summed E-state index contributed by atoms with van der Waals surface area (Å²) in [7, 11) is 0. The quantitative estimate of drug-likeness (QED) is 0.736. The number of hydrogen-bond acceptors (Lipinski definition) is 2. The lowest BCUT2D eigenvalue weighted by molar-refractivity contribution is 0.286. The molecule has 0 unspecified atom stereocenters. The second kappa shape index (κ2) is 6.31. The van der Waals surface area contributed by atoms with Crippen molar-refractivity contribution in [2.75, 3.05) is 13.1 Å². The lowest BCUT2D eigenvalue weighted by atomic mass is 10.0. The molecule has 0 radical (unpaired) electrons. The third-order valence-electron chi connectivity index (χ3n) is 3.23. The number of nitrogens with zero attached hydrogens (tertiary/aromatic N) is 2. The van der Waals surface area contributed by atoms with Gasteiger partial charge in [-0.1, -0.05) is 43.0 Å². The predicted octanol–water partition coefficient (Wildman–Crippen LogP) is 3.42. The van der Waals surface area contributed by atoms with Crippen LogP contribution in [0.5, 0.6) is 0 Å². The van der Waals surface area contributed by atoms with E-state index in [9.17, 15) is 0 Å². The van der Waals surface area contributed by atoms with Crippen LogP contribution in [0.1, 0.15) is 18.9 Å². The number of aliphatic imine (C=N–C) groups is 1. The average Bonchev–Trinajstić information content (AvgIpc) is 2.40. The van der Waals surface area contributed by atoms with Crippen LogP contribution in [0.25, 0.3) is 0 Å². The highest BCUT2D eigenvalue weighted by Crippen LogP contribution is 2.14. The van der Waals surface area contributed by atoms with E-state index in [0.29, 0.717) is 0 Å². The first-order chi connectivity index (χ1) is 8.79. The van der Waals surface area contributed by atoms with Crippen molar-refractivity contribution in [1.82, 2.24) is 4.90 Å². The van der Waals surface area contributed by atoms with E-state index in [-0.39, 0.29) is 0 Å². The van der Waals surface area contributed by atoms with Gasteiger partial charge < -0.3 is 0 Å². The molecule has 0 aliphatic carbocycles. The molecule has 0 saturated heterocycles. The van der Waals surface area contributed by atoms with Gasteiger partial charge in [-0.3, -0.25) is 9.89 Å². The van der Waals surface area contributed by atoms with E-state index in [1.165, 1.54) is 11.1 Å². The van der Waals surface area contributed by atoms with Gasteiger partial charge in [-0.05, 0) is 24.5 Å². The van der Waals surface area contributed by atoms with Gasteiger partial charge in [0.2, 0.25) is 0 Å². The molecule has 0 bridgehead atoms. The number of hydrogen-bond donors (Lipinski definition) is 0. The Kier molecular flexibility index (Phi) is 4.48. The molecule has 94 valence electrons. The van der Waals surface area contributed by atoms with Gasteiger partial charge >= 0.3 is 0 Å². The highest BCUT2D eigenvalue weighted by molar-refractivity contribution is 5.99. The van der Waals surface area contributed by atoms with Crippen LogP contribution in [0.15, 0.2) is 59.8 Å². The second-order valence-corrected chi connectivity index (χ2v) is 4.61. The summed E-state index contributed by atoms with van der Waals surface area (Å²) in [4.78, 5) is 6.74. The molecular weight excluding hydrogens is 220 g/mol. The van der Waals surface area contributed by atoms with Crippen LogP contribution in [-0.2, 0) is 6.54 Å². The van der Waals surface area contributed by atoms with Gasteiger partial charge in [-0.25, -0.2) is 0 Å². The molecular formula is C16H20N2. The summed E-state index contributed by atoms with van der Waals surface area (Å²) in [6, 6.07) is 10.6. The van der Waals surface area contributed by atoms with Gasteiger partial charge in [0.15, 0.2) is 0 Å². The molecule has 0 N–H and O–H groups in total. The summed E-state index contributed by atoms with van der Waals surface area (Å²) in [5.41, 5.74) is 3.79. The van der Waals surface area contributed by atoms with E-state index in [0.717, 1.165) is 31.8 Å². The summed E-state index contributed by atoms with van der Waals surface area (Å²) < 4.78 is 0. The maximum absolute atomic E-state index is 4.28. The van der Waals surface area contributed by atoms with E-state index in [1.54, 1.807) is 6.20 Å². The minimum absolute atomic E-state index is 0.984. The van der Waals surface area contributed by atoms with E-state index >= 15 is 0 Å². The Morgan fingerprint density at radius 1 is 1.39 bits per heavy atom. The minimum Gasteiger partial charge on any atom is -0.294 e. The molecule has 1 aromatic carbocycles. The Hall–Kier alpha value is -1.67. The van der Waals surface area contributed by atoms with E-state index in [4.69, 9.17) is 0 Å². The summed E-state index contributed by atoms with van der Waals surface area (Å²) in [6.45, 7) is 8.83. The van der Waals surface area contributed by atoms with Gasteiger partial charge in [-0.2, -0.15) is 0 Å². The van der Waals surface area contributed by atoms with Crippen molar-refractivity contribution >= 4 is 5.71 Å². The van der Waals surface area contributed by atoms with Crippen LogP contribution < -0.4 is 0 Å². The molecule has 0 atom stereocenters. The largest absolute Gasteiger partial charge is 0.294 e. The third-order valence-corrected chi connectivity index (χ3v) is 3.23. The zero-order chi connectivity index (χ0) is 12.8. The normalized spacial score (nSPS) is 17.4. The minimum atomic E-state index is 0.984. The summed E-state index contributed by atoms with van der Waals surface area (Å²) in [5.74, 6) is 0. The first kappa shape index (κ1) is 12.8. The fraction of sp³-hybridized carbons (Fsp3) is 0.312. The topological polar surface area (TPSA) is 15.6 Å². The molecule has 18 heavy (non-hydrogen) atoms. The summed E-state index contributed by atoms with van der Waals surface area (Å²) >= 11 is 0. The molecule has 2 nitrogen and oxygen atoms in total. The highest BCUT2D eigenvalue weighted by Gasteiger charge is 2.14. The van der Waals surface area contributed by atoms with Crippen LogP contribution in [0.4, 0.5) is 0 Å². The van der Waals surface area contributed by atoms with Crippen LogP contribution in [-0.4, -0.2) is 23.7 Å². The second-order valence-electron chi connectivity index (χ2n) is 4.61. The Morgan fingerprint density at radius 3 is 2.89 bits per heavy atom. The first-order valence-corrected chi connectivity index (χ1v) is 6.40. The SMILES string of the molecule is C=C/N=C(\C)C1=CCCN(Cc2ccccc2)C1. The van der Waals surface area contributed by atoms with Crippen molar-refractivity contribution in [2.45, 2.75) is 19.9 Å². The molecule has 1 heterocycles. The molecule has 0 spiro atoms. The van der Waals surface area contributed by atoms with Crippen LogP contribution in [0.2, 0.25) is 0 Å². The molecule has 1 aromatic rings. The average molecular weight is 240 g/mol. The van der Waals surface area contributed by atoms with E-state index in [2.05, 4.69) is 59.8 Å². The molecule has 1 aliphatic rings. The maximum Gasteiger partial charge on any atom is 0.0414 e. The van der Waals surface area contributed by atoms with E-state index < -0.39 is 0 Å². The van der Waals surface area contributed by atoms with E-state index in [1.807, 2.05) is 0 Å². The Bertz CT molecular complexity index is 457. The molecule has 0 saturated carbocycles. The Morgan fingerprint density at radius 2 is 2.17 bits per heavy atom. The molecule has 1 aliphatic heterocycles. The summed E-state index contributed by atoms with van der Waals surface area (Å²) in [5, 5.41) is 0. The monoisotopic (exact) mass is 240 g/mol. The smallest absolute Gasteiger partial charge is 0.0414 e. The number of benzene rings is 1. The van der Waals surface area contributed by atoms with Crippen molar-refractivity contribution in [2.24, 2.45) is 4.99 Å². The summed E-state index contributed by atoms with van der Waals surface area (Å²) in [6.07, 6.45) is 5.02. The van der Waals surface area contributed by atoms with Crippen molar-refractivity contribution < 1.29 is 0 Å². The van der Waals surface area contributed by atoms with Gasteiger partial charge in [0.25, 0.3) is 0 Å².